The topological polar surface area (TPSA) is 46.3 Å². The van der Waals surface area contributed by atoms with E-state index in [1.165, 1.54) is 0 Å². The number of nitrogens with zero attached hydrogens (tertiary/aromatic N) is 1. The largest absolute Gasteiger partial charge is 0.336 e. The maximum atomic E-state index is 12.6. The van der Waals surface area contributed by atoms with Crippen LogP contribution >= 0.6 is 0 Å². The molecule has 1 fully saturated rings. The number of hydrogen-bond donors (Lipinski definition) is 1. The molecule has 1 saturated carbocycles. The van der Waals surface area contributed by atoms with E-state index in [0.29, 0.717) is 12.6 Å². The molecule has 0 aromatic heterocycles. The summed E-state index contributed by atoms with van der Waals surface area (Å²) >= 11 is 0. The van der Waals surface area contributed by atoms with E-state index in [-0.39, 0.29) is 5.91 Å². The molecule has 20 heavy (non-hydrogen) atoms. The molecule has 2 rings (SSSR count). The van der Waals surface area contributed by atoms with Crippen LogP contribution in [0.3, 0.4) is 0 Å². The molecule has 1 amide bonds. The van der Waals surface area contributed by atoms with Crippen molar-refractivity contribution in [3.05, 3.63) is 34.9 Å². The summed E-state index contributed by atoms with van der Waals surface area (Å²) in [6.07, 6.45) is 3.29. The highest BCUT2D eigenvalue weighted by atomic mass is 16.2. The lowest BCUT2D eigenvalue weighted by molar-refractivity contribution is 0.0743. The predicted molar refractivity (Wildman–Crippen MR) is 81.5 cm³/mol. The van der Waals surface area contributed by atoms with E-state index in [4.69, 9.17) is 5.73 Å². The van der Waals surface area contributed by atoms with Crippen LogP contribution < -0.4 is 5.73 Å². The standard InChI is InChI=1S/C17H22N2O/c1-3-11-19(16-8-9-16)17(20)15-7-6-14(5-4-10-18)13(2)12-15/h6-7,12,16H,3,8-11,18H2,1-2H3. The van der Waals surface area contributed by atoms with Gasteiger partial charge >= 0.3 is 0 Å². The van der Waals surface area contributed by atoms with Crippen LogP contribution in [0.4, 0.5) is 0 Å². The Morgan fingerprint density at radius 2 is 2.20 bits per heavy atom. The Labute approximate surface area is 121 Å². The highest BCUT2D eigenvalue weighted by Gasteiger charge is 2.32. The quantitative estimate of drug-likeness (QED) is 0.853. The summed E-state index contributed by atoms with van der Waals surface area (Å²) in [4.78, 5) is 14.6. The molecule has 0 heterocycles. The van der Waals surface area contributed by atoms with Gasteiger partial charge in [-0.1, -0.05) is 18.8 Å². The number of nitrogens with two attached hydrogens (primary N) is 1. The van der Waals surface area contributed by atoms with Crippen LogP contribution in [0.5, 0.6) is 0 Å². The highest BCUT2D eigenvalue weighted by Crippen LogP contribution is 2.28. The van der Waals surface area contributed by atoms with Crippen molar-refractivity contribution in [2.45, 2.75) is 39.2 Å². The summed E-state index contributed by atoms with van der Waals surface area (Å²) in [6.45, 7) is 5.29. The van der Waals surface area contributed by atoms with E-state index >= 15 is 0 Å². The Bertz CT molecular complexity index is 550. The average molecular weight is 270 g/mol. The molecule has 0 atom stereocenters. The molecule has 1 aliphatic carbocycles. The van der Waals surface area contributed by atoms with Crippen LogP contribution in [-0.2, 0) is 0 Å². The summed E-state index contributed by atoms with van der Waals surface area (Å²) in [5, 5.41) is 0. The molecule has 3 nitrogen and oxygen atoms in total. The van der Waals surface area contributed by atoms with Gasteiger partial charge in [-0.15, -0.1) is 0 Å². The van der Waals surface area contributed by atoms with E-state index in [2.05, 4.69) is 18.8 Å². The highest BCUT2D eigenvalue weighted by molar-refractivity contribution is 5.95. The molecule has 1 aromatic carbocycles. The smallest absolute Gasteiger partial charge is 0.254 e. The minimum Gasteiger partial charge on any atom is -0.336 e. The average Bonchev–Trinajstić information content (AvgIpc) is 3.27. The van der Waals surface area contributed by atoms with E-state index in [0.717, 1.165) is 42.5 Å². The first-order valence-electron chi connectivity index (χ1n) is 7.28. The van der Waals surface area contributed by atoms with E-state index < -0.39 is 0 Å². The third kappa shape index (κ3) is 3.40. The maximum absolute atomic E-state index is 12.6. The zero-order chi connectivity index (χ0) is 14.5. The Morgan fingerprint density at radius 1 is 1.45 bits per heavy atom. The molecule has 106 valence electrons. The van der Waals surface area contributed by atoms with Crippen LogP contribution in [0.25, 0.3) is 0 Å². The van der Waals surface area contributed by atoms with Crippen LogP contribution in [0, 0.1) is 18.8 Å². The van der Waals surface area contributed by atoms with Crippen molar-refractivity contribution in [3.63, 3.8) is 0 Å². The lowest BCUT2D eigenvalue weighted by Gasteiger charge is -2.22. The molecule has 3 heteroatoms. The van der Waals surface area contributed by atoms with E-state index in [9.17, 15) is 4.79 Å². The third-order valence-electron chi connectivity index (χ3n) is 3.51. The molecular weight excluding hydrogens is 248 g/mol. The lowest BCUT2D eigenvalue weighted by atomic mass is 10.0. The first-order chi connectivity index (χ1) is 9.67. The van der Waals surface area contributed by atoms with Crippen LogP contribution in [0.1, 0.15) is 47.7 Å². The number of hydrogen-bond acceptors (Lipinski definition) is 2. The second kappa shape index (κ2) is 6.58. The van der Waals surface area contributed by atoms with E-state index in [1.807, 2.05) is 30.0 Å². The zero-order valence-corrected chi connectivity index (χ0v) is 12.3. The van der Waals surface area contributed by atoms with Gasteiger partial charge in [-0.3, -0.25) is 4.79 Å². The summed E-state index contributed by atoms with van der Waals surface area (Å²) in [7, 11) is 0. The molecule has 0 aliphatic heterocycles. The number of carbonyl (C=O) groups excluding carboxylic acids is 1. The van der Waals surface area contributed by atoms with Gasteiger partial charge < -0.3 is 10.6 Å². The molecule has 1 aliphatic rings. The van der Waals surface area contributed by atoms with Crippen LogP contribution in [0.15, 0.2) is 18.2 Å². The number of rotatable bonds is 4. The van der Waals surface area contributed by atoms with Crippen LogP contribution in [0.2, 0.25) is 0 Å². The van der Waals surface area contributed by atoms with Gasteiger partial charge in [0.05, 0.1) is 6.54 Å². The Hall–Kier alpha value is -1.79. The Kier molecular flexibility index (Phi) is 4.81. The van der Waals surface area contributed by atoms with Gasteiger partial charge in [0.15, 0.2) is 0 Å². The van der Waals surface area contributed by atoms with Gasteiger partial charge in [-0.2, -0.15) is 0 Å². The normalized spacial score (nSPS) is 13.6. The lowest BCUT2D eigenvalue weighted by Crippen LogP contribution is -2.33. The fourth-order valence-electron chi connectivity index (χ4n) is 2.33. The van der Waals surface area contributed by atoms with Crippen molar-refractivity contribution < 1.29 is 4.79 Å². The van der Waals surface area contributed by atoms with Crippen molar-refractivity contribution in [2.24, 2.45) is 5.73 Å². The summed E-state index contributed by atoms with van der Waals surface area (Å²) in [6, 6.07) is 6.19. The van der Waals surface area contributed by atoms with Gasteiger partial charge in [0, 0.05) is 23.7 Å². The van der Waals surface area contributed by atoms with Gasteiger partial charge in [0.2, 0.25) is 0 Å². The number of aryl methyl sites for hydroxylation is 1. The fraction of sp³-hybridized carbons (Fsp3) is 0.471. The first-order valence-corrected chi connectivity index (χ1v) is 7.28. The minimum absolute atomic E-state index is 0.149. The summed E-state index contributed by atoms with van der Waals surface area (Å²) in [5.74, 6) is 6.03. The number of amides is 1. The molecular formula is C17H22N2O. The number of carbonyl (C=O) groups is 1. The van der Waals surface area contributed by atoms with Crippen molar-refractivity contribution in [1.29, 1.82) is 0 Å². The van der Waals surface area contributed by atoms with Crippen molar-refractivity contribution in [2.75, 3.05) is 13.1 Å². The van der Waals surface area contributed by atoms with Crippen LogP contribution in [-0.4, -0.2) is 29.9 Å². The fourth-order valence-corrected chi connectivity index (χ4v) is 2.33. The molecule has 0 radical (unpaired) electrons. The molecule has 2 N–H and O–H groups in total. The SMILES string of the molecule is CCCN(C(=O)c1ccc(C#CCN)c(C)c1)C1CC1. The molecule has 0 unspecified atom stereocenters. The second-order valence-electron chi connectivity index (χ2n) is 5.27. The summed E-state index contributed by atoms with van der Waals surface area (Å²) < 4.78 is 0. The van der Waals surface area contributed by atoms with Gasteiger partial charge in [-0.05, 0) is 49.9 Å². The molecule has 0 saturated heterocycles. The maximum Gasteiger partial charge on any atom is 0.254 e. The summed E-state index contributed by atoms with van der Waals surface area (Å²) in [5.41, 5.74) is 8.12. The number of benzene rings is 1. The van der Waals surface area contributed by atoms with E-state index in [1.54, 1.807) is 0 Å². The Morgan fingerprint density at radius 3 is 2.75 bits per heavy atom. The van der Waals surface area contributed by atoms with Crippen molar-refractivity contribution in [3.8, 4) is 11.8 Å². The van der Waals surface area contributed by atoms with Crippen molar-refractivity contribution in [1.82, 2.24) is 4.90 Å². The van der Waals surface area contributed by atoms with Gasteiger partial charge in [0.1, 0.15) is 0 Å². The minimum atomic E-state index is 0.149. The predicted octanol–water partition coefficient (Wildman–Crippen LogP) is 2.32. The molecule has 0 bridgehead atoms. The zero-order valence-electron chi connectivity index (χ0n) is 12.3. The first kappa shape index (κ1) is 14.6. The third-order valence-corrected chi connectivity index (χ3v) is 3.51. The van der Waals surface area contributed by atoms with Crippen molar-refractivity contribution >= 4 is 5.91 Å². The van der Waals surface area contributed by atoms with Gasteiger partial charge in [0.25, 0.3) is 5.91 Å². The van der Waals surface area contributed by atoms with Gasteiger partial charge in [-0.25, -0.2) is 0 Å². The molecule has 0 spiro atoms. The molecule has 1 aromatic rings. The Balaban J connectivity index is 2.19. The monoisotopic (exact) mass is 270 g/mol. The second-order valence-corrected chi connectivity index (χ2v) is 5.27.